The maximum absolute atomic E-state index is 12.8. The van der Waals surface area contributed by atoms with Gasteiger partial charge in [-0.2, -0.15) is 0 Å². The molecule has 1 aromatic carbocycles. The minimum Gasteiger partial charge on any atom is -0.342 e. The molecule has 5 heteroatoms. The molecule has 1 amide bonds. The second-order valence-corrected chi connectivity index (χ2v) is 6.35. The lowest BCUT2D eigenvalue weighted by Crippen LogP contribution is -2.36. The maximum Gasteiger partial charge on any atom is 0.253 e. The SMILES string of the molecule is Cc1ccnc(C[C@H](C)N(C)C(=O)c2ccc3nc(C)[nH]c3c2)c1. The Labute approximate surface area is 141 Å². The van der Waals surface area contributed by atoms with Gasteiger partial charge in [0, 0.05) is 37.0 Å². The molecule has 3 rings (SSSR count). The Hall–Kier alpha value is -2.69. The number of carbonyl (C=O) groups excluding carboxylic acids is 1. The number of amides is 1. The van der Waals surface area contributed by atoms with Crippen LogP contribution in [0.2, 0.25) is 0 Å². The van der Waals surface area contributed by atoms with E-state index in [1.165, 1.54) is 5.56 Å². The molecule has 124 valence electrons. The number of fused-ring (bicyclic) bond motifs is 1. The molecule has 0 fully saturated rings. The van der Waals surface area contributed by atoms with E-state index >= 15 is 0 Å². The zero-order valence-corrected chi connectivity index (χ0v) is 14.5. The number of pyridine rings is 1. The lowest BCUT2D eigenvalue weighted by molar-refractivity contribution is 0.0743. The van der Waals surface area contributed by atoms with Crippen molar-refractivity contribution in [3.63, 3.8) is 0 Å². The molecule has 1 atom stereocenters. The van der Waals surface area contributed by atoms with Gasteiger partial charge in [-0.25, -0.2) is 4.98 Å². The zero-order valence-electron chi connectivity index (χ0n) is 14.5. The predicted octanol–water partition coefficient (Wildman–Crippen LogP) is 3.28. The van der Waals surface area contributed by atoms with Crippen molar-refractivity contribution in [2.75, 3.05) is 7.05 Å². The number of aromatic nitrogens is 3. The Morgan fingerprint density at radius 1 is 1.25 bits per heavy atom. The Morgan fingerprint density at radius 2 is 2.04 bits per heavy atom. The van der Waals surface area contributed by atoms with E-state index in [0.29, 0.717) is 5.56 Å². The van der Waals surface area contributed by atoms with Crippen LogP contribution in [-0.2, 0) is 6.42 Å². The molecule has 2 aromatic heterocycles. The number of hydrogen-bond acceptors (Lipinski definition) is 3. The van der Waals surface area contributed by atoms with E-state index in [9.17, 15) is 4.79 Å². The van der Waals surface area contributed by atoms with Crippen LogP contribution in [0.5, 0.6) is 0 Å². The Kier molecular flexibility index (Phi) is 4.34. The van der Waals surface area contributed by atoms with E-state index in [4.69, 9.17) is 0 Å². The second-order valence-electron chi connectivity index (χ2n) is 6.35. The summed E-state index contributed by atoms with van der Waals surface area (Å²) in [6.07, 6.45) is 2.54. The first-order valence-electron chi connectivity index (χ1n) is 8.09. The van der Waals surface area contributed by atoms with Crippen LogP contribution in [-0.4, -0.2) is 38.8 Å². The van der Waals surface area contributed by atoms with Gasteiger partial charge >= 0.3 is 0 Å². The summed E-state index contributed by atoms with van der Waals surface area (Å²) in [7, 11) is 1.84. The molecule has 0 aliphatic carbocycles. The zero-order chi connectivity index (χ0) is 17.3. The van der Waals surface area contributed by atoms with Crippen LogP contribution in [0.3, 0.4) is 0 Å². The van der Waals surface area contributed by atoms with Crippen LogP contribution in [0.4, 0.5) is 0 Å². The summed E-state index contributed by atoms with van der Waals surface area (Å²) < 4.78 is 0. The molecule has 0 unspecified atom stereocenters. The number of aryl methyl sites for hydroxylation is 2. The highest BCUT2D eigenvalue weighted by Gasteiger charge is 2.19. The highest BCUT2D eigenvalue weighted by atomic mass is 16.2. The third-order valence-corrected chi connectivity index (χ3v) is 4.31. The average molecular weight is 322 g/mol. The summed E-state index contributed by atoms with van der Waals surface area (Å²) in [6, 6.07) is 9.68. The van der Waals surface area contributed by atoms with Crippen molar-refractivity contribution in [3.8, 4) is 0 Å². The van der Waals surface area contributed by atoms with E-state index in [2.05, 4.69) is 21.0 Å². The third-order valence-electron chi connectivity index (χ3n) is 4.31. The highest BCUT2D eigenvalue weighted by molar-refractivity contribution is 5.97. The molecular weight excluding hydrogens is 300 g/mol. The molecule has 0 spiro atoms. The van der Waals surface area contributed by atoms with Crippen LogP contribution in [0.1, 0.15) is 34.4 Å². The van der Waals surface area contributed by atoms with Gasteiger partial charge in [0.15, 0.2) is 0 Å². The van der Waals surface area contributed by atoms with Gasteiger partial charge < -0.3 is 9.88 Å². The molecule has 0 aliphatic heterocycles. The predicted molar refractivity (Wildman–Crippen MR) is 95.1 cm³/mol. The molecule has 5 nitrogen and oxygen atoms in total. The fraction of sp³-hybridized carbons (Fsp3) is 0.316. The van der Waals surface area contributed by atoms with Crippen molar-refractivity contribution in [2.45, 2.75) is 33.2 Å². The molecule has 0 aliphatic rings. The van der Waals surface area contributed by atoms with Gasteiger partial charge in [-0.05, 0) is 56.7 Å². The number of carbonyl (C=O) groups is 1. The van der Waals surface area contributed by atoms with Crippen LogP contribution >= 0.6 is 0 Å². The van der Waals surface area contributed by atoms with Crippen LogP contribution in [0.25, 0.3) is 11.0 Å². The normalized spacial score (nSPS) is 12.3. The number of rotatable bonds is 4. The lowest BCUT2D eigenvalue weighted by atomic mass is 10.1. The quantitative estimate of drug-likeness (QED) is 0.802. The minimum absolute atomic E-state index is 0.00399. The topological polar surface area (TPSA) is 61.9 Å². The van der Waals surface area contributed by atoms with E-state index in [1.807, 2.05) is 58.3 Å². The first-order chi connectivity index (χ1) is 11.4. The van der Waals surface area contributed by atoms with Crippen molar-refractivity contribution in [1.82, 2.24) is 19.9 Å². The minimum atomic E-state index is 0.00399. The Balaban J connectivity index is 1.76. The van der Waals surface area contributed by atoms with Crippen molar-refractivity contribution >= 4 is 16.9 Å². The van der Waals surface area contributed by atoms with Crippen molar-refractivity contribution < 1.29 is 4.79 Å². The number of H-pyrrole nitrogens is 1. The van der Waals surface area contributed by atoms with Crippen molar-refractivity contribution in [1.29, 1.82) is 0 Å². The van der Waals surface area contributed by atoms with E-state index in [1.54, 1.807) is 4.90 Å². The standard InChI is InChI=1S/C19H22N4O/c1-12-7-8-20-16(9-12)10-13(2)23(4)19(24)15-5-6-17-18(11-15)22-14(3)21-17/h5-9,11,13H,10H2,1-4H3,(H,21,22)/t13-/m0/s1. The molecule has 0 saturated carbocycles. The smallest absolute Gasteiger partial charge is 0.253 e. The molecule has 1 N–H and O–H groups in total. The van der Waals surface area contributed by atoms with E-state index < -0.39 is 0 Å². The number of hydrogen-bond donors (Lipinski definition) is 1. The fourth-order valence-electron chi connectivity index (χ4n) is 2.82. The number of nitrogens with one attached hydrogen (secondary N) is 1. The second kappa shape index (κ2) is 6.43. The summed E-state index contributed by atoms with van der Waals surface area (Å²) in [4.78, 5) is 26.5. The molecule has 2 heterocycles. The Morgan fingerprint density at radius 3 is 2.79 bits per heavy atom. The number of benzene rings is 1. The summed E-state index contributed by atoms with van der Waals surface area (Å²) in [5, 5.41) is 0. The molecule has 0 saturated heterocycles. The molecule has 0 radical (unpaired) electrons. The van der Waals surface area contributed by atoms with E-state index in [-0.39, 0.29) is 11.9 Å². The first kappa shape index (κ1) is 16.2. The molecule has 24 heavy (non-hydrogen) atoms. The van der Waals surface area contributed by atoms with Crippen molar-refractivity contribution in [2.24, 2.45) is 0 Å². The fourth-order valence-corrected chi connectivity index (χ4v) is 2.82. The van der Waals surface area contributed by atoms with Gasteiger partial charge in [-0.15, -0.1) is 0 Å². The lowest BCUT2D eigenvalue weighted by Gasteiger charge is -2.25. The average Bonchev–Trinajstić information content (AvgIpc) is 2.92. The first-order valence-corrected chi connectivity index (χ1v) is 8.09. The number of aromatic amines is 1. The van der Waals surface area contributed by atoms with Gasteiger partial charge in [0.05, 0.1) is 11.0 Å². The molecule has 0 bridgehead atoms. The Bertz CT molecular complexity index is 884. The summed E-state index contributed by atoms with van der Waals surface area (Å²) in [6.45, 7) is 6.00. The van der Waals surface area contributed by atoms with Crippen molar-refractivity contribution in [3.05, 3.63) is 59.2 Å². The summed E-state index contributed by atoms with van der Waals surface area (Å²) in [5.41, 5.74) is 4.62. The molecular formula is C19H22N4O. The third kappa shape index (κ3) is 3.30. The van der Waals surface area contributed by atoms with Gasteiger partial charge in [0.2, 0.25) is 0 Å². The van der Waals surface area contributed by atoms with Crippen LogP contribution in [0, 0.1) is 13.8 Å². The van der Waals surface area contributed by atoms with Crippen LogP contribution in [0.15, 0.2) is 36.5 Å². The molecule has 3 aromatic rings. The summed E-state index contributed by atoms with van der Waals surface area (Å²) in [5.74, 6) is 0.853. The van der Waals surface area contributed by atoms with Crippen LogP contribution < -0.4 is 0 Å². The number of nitrogens with zero attached hydrogens (tertiary/aromatic N) is 3. The maximum atomic E-state index is 12.8. The van der Waals surface area contributed by atoms with Gasteiger partial charge in [-0.1, -0.05) is 0 Å². The highest BCUT2D eigenvalue weighted by Crippen LogP contribution is 2.16. The van der Waals surface area contributed by atoms with Gasteiger partial charge in [-0.3, -0.25) is 9.78 Å². The summed E-state index contributed by atoms with van der Waals surface area (Å²) >= 11 is 0. The number of imidazole rings is 1. The van der Waals surface area contributed by atoms with Gasteiger partial charge in [0.1, 0.15) is 5.82 Å². The van der Waals surface area contributed by atoms with E-state index in [0.717, 1.165) is 29.0 Å². The number of likely N-dealkylation sites (N-methyl/N-ethyl adjacent to an activating group) is 1. The van der Waals surface area contributed by atoms with Gasteiger partial charge in [0.25, 0.3) is 5.91 Å². The largest absolute Gasteiger partial charge is 0.342 e. The monoisotopic (exact) mass is 322 g/mol.